The molecule has 5 nitrogen and oxygen atoms in total. The molecule has 1 saturated heterocycles. The summed E-state index contributed by atoms with van der Waals surface area (Å²) in [6.07, 6.45) is 1.12. The van der Waals surface area contributed by atoms with E-state index in [0.717, 1.165) is 43.1 Å². The van der Waals surface area contributed by atoms with Gasteiger partial charge in [0.25, 0.3) is 0 Å². The summed E-state index contributed by atoms with van der Waals surface area (Å²) >= 11 is 3.49. The van der Waals surface area contributed by atoms with E-state index < -0.39 is 0 Å². The van der Waals surface area contributed by atoms with Crippen LogP contribution in [0.15, 0.2) is 33.7 Å². The van der Waals surface area contributed by atoms with Crippen molar-refractivity contribution in [2.45, 2.75) is 26.3 Å². The van der Waals surface area contributed by atoms with Crippen LogP contribution in [-0.4, -0.2) is 51.4 Å². The molecule has 1 fully saturated rings. The monoisotopic (exact) mass is 382 g/mol. The zero-order valence-electron chi connectivity index (χ0n) is 14.0. The molecule has 1 heterocycles. The number of ether oxygens (including phenoxy) is 1. The molecule has 0 aromatic heterocycles. The molecule has 2 N–H and O–H groups in total. The van der Waals surface area contributed by atoms with Crippen LogP contribution >= 0.6 is 15.9 Å². The number of rotatable bonds is 7. The molecule has 2 rings (SSSR count). The van der Waals surface area contributed by atoms with E-state index in [1.165, 1.54) is 5.69 Å². The third kappa shape index (κ3) is 6.03. The van der Waals surface area contributed by atoms with E-state index in [9.17, 15) is 0 Å². The Labute approximate surface area is 147 Å². The Balaban J connectivity index is 1.85. The molecule has 0 radical (unpaired) electrons. The lowest BCUT2D eigenvalue weighted by Gasteiger charge is -2.20. The first-order valence-electron chi connectivity index (χ1n) is 8.36. The molecule has 1 aromatic carbocycles. The maximum Gasteiger partial charge on any atom is 0.191 e. The van der Waals surface area contributed by atoms with Crippen LogP contribution in [0.25, 0.3) is 0 Å². The minimum absolute atomic E-state index is 0.420. The molecule has 0 aliphatic carbocycles. The molecule has 1 aliphatic heterocycles. The van der Waals surface area contributed by atoms with Crippen molar-refractivity contribution in [1.29, 1.82) is 0 Å². The molecule has 1 atom stereocenters. The molecular formula is C17H27BrN4O. The van der Waals surface area contributed by atoms with Gasteiger partial charge in [-0.3, -0.25) is 4.99 Å². The Morgan fingerprint density at radius 1 is 1.35 bits per heavy atom. The van der Waals surface area contributed by atoms with Crippen molar-refractivity contribution in [2.24, 2.45) is 4.99 Å². The summed E-state index contributed by atoms with van der Waals surface area (Å²) in [7, 11) is 0. The predicted molar refractivity (Wildman–Crippen MR) is 100 cm³/mol. The molecule has 1 aromatic rings. The fourth-order valence-corrected chi connectivity index (χ4v) is 2.91. The molecule has 0 saturated carbocycles. The van der Waals surface area contributed by atoms with E-state index in [-0.39, 0.29) is 0 Å². The molecule has 0 spiro atoms. The molecule has 23 heavy (non-hydrogen) atoms. The summed E-state index contributed by atoms with van der Waals surface area (Å²) in [6.45, 7) is 9.11. The molecule has 1 aliphatic rings. The highest BCUT2D eigenvalue weighted by molar-refractivity contribution is 9.10. The lowest BCUT2D eigenvalue weighted by molar-refractivity contribution is 0.155. The van der Waals surface area contributed by atoms with Gasteiger partial charge in [0, 0.05) is 42.4 Å². The Hall–Kier alpha value is -1.27. The van der Waals surface area contributed by atoms with E-state index in [4.69, 9.17) is 4.74 Å². The first kappa shape index (κ1) is 18.1. The number of halogens is 1. The van der Waals surface area contributed by atoms with Gasteiger partial charge in [-0.2, -0.15) is 0 Å². The summed E-state index contributed by atoms with van der Waals surface area (Å²) < 4.78 is 6.46. The topological polar surface area (TPSA) is 48.9 Å². The van der Waals surface area contributed by atoms with Crippen LogP contribution in [0.5, 0.6) is 0 Å². The molecule has 0 bridgehead atoms. The molecule has 6 heteroatoms. The second-order valence-electron chi connectivity index (χ2n) is 5.51. The van der Waals surface area contributed by atoms with Crippen molar-refractivity contribution >= 4 is 27.6 Å². The maximum atomic E-state index is 5.34. The van der Waals surface area contributed by atoms with Gasteiger partial charge < -0.3 is 20.3 Å². The first-order valence-corrected chi connectivity index (χ1v) is 9.15. The number of aliphatic imine (C=N–C) groups is 1. The quantitative estimate of drug-likeness (QED) is 0.432. The number of anilines is 1. The highest BCUT2D eigenvalue weighted by atomic mass is 79.9. The van der Waals surface area contributed by atoms with E-state index in [1.54, 1.807) is 0 Å². The van der Waals surface area contributed by atoms with Gasteiger partial charge in [0.2, 0.25) is 0 Å². The third-order valence-electron chi connectivity index (χ3n) is 3.77. The SMILES string of the molecule is CCNC(=NCCOCC)NC1CCN(c2ccc(Br)cc2)C1. The number of guanidine groups is 1. The summed E-state index contributed by atoms with van der Waals surface area (Å²) in [5, 5.41) is 6.84. The summed E-state index contributed by atoms with van der Waals surface area (Å²) in [5.41, 5.74) is 1.27. The van der Waals surface area contributed by atoms with Gasteiger partial charge >= 0.3 is 0 Å². The average Bonchev–Trinajstić information content (AvgIpc) is 3.01. The summed E-state index contributed by atoms with van der Waals surface area (Å²) in [6, 6.07) is 8.93. The van der Waals surface area contributed by atoms with Crippen molar-refractivity contribution in [3.8, 4) is 0 Å². The minimum atomic E-state index is 0.420. The van der Waals surface area contributed by atoms with Gasteiger partial charge in [0.15, 0.2) is 5.96 Å². The second-order valence-corrected chi connectivity index (χ2v) is 6.43. The van der Waals surface area contributed by atoms with E-state index in [0.29, 0.717) is 19.2 Å². The second kappa shape index (κ2) is 9.78. The van der Waals surface area contributed by atoms with Gasteiger partial charge in [0.1, 0.15) is 0 Å². The van der Waals surface area contributed by atoms with E-state index >= 15 is 0 Å². The van der Waals surface area contributed by atoms with Gasteiger partial charge in [0.05, 0.1) is 13.2 Å². The fraction of sp³-hybridized carbons (Fsp3) is 0.588. The minimum Gasteiger partial charge on any atom is -0.380 e. The molecule has 128 valence electrons. The maximum absolute atomic E-state index is 5.34. The van der Waals surface area contributed by atoms with E-state index in [1.807, 2.05) is 6.92 Å². The number of nitrogens with one attached hydrogen (secondary N) is 2. The third-order valence-corrected chi connectivity index (χ3v) is 4.30. The zero-order chi connectivity index (χ0) is 16.5. The van der Waals surface area contributed by atoms with Gasteiger partial charge in [-0.15, -0.1) is 0 Å². The van der Waals surface area contributed by atoms with Crippen molar-refractivity contribution in [3.05, 3.63) is 28.7 Å². The average molecular weight is 383 g/mol. The lowest BCUT2D eigenvalue weighted by Crippen LogP contribution is -2.44. The Kier molecular flexibility index (Phi) is 7.68. The molecular weight excluding hydrogens is 356 g/mol. The standard InChI is InChI=1S/C17H27BrN4O/c1-3-19-17(20-10-12-23-4-2)21-15-9-11-22(13-15)16-7-5-14(18)6-8-16/h5-8,15H,3-4,9-13H2,1-2H3,(H2,19,20,21). The first-order chi connectivity index (χ1) is 11.2. The molecule has 0 amide bonds. The van der Waals surface area contributed by atoms with Gasteiger partial charge in [-0.1, -0.05) is 15.9 Å². The fourth-order valence-electron chi connectivity index (χ4n) is 2.64. The van der Waals surface area contributed by atoms with Crippen LogP contribution in [0.1, 0.15) is 20.3 Å². The van der Waals surface area contributed by atoms with Crippen molar-refractivity contribution < 1.29 is 4.74 Å². The van der Waals surface area contributed by atoms with Crippen molar-refractivity contribution in [3.63, 3.8) is 0 Å². The van der Waals surface area contributed by atoms with E-state index in [2.05, 4.69) is 67.6 Å². The van der Waals surface area contributed by atoms with Gasteiger partial charge in [-0.25, -0.2) is 0 Å². The van der Waals surface area contributed by atoms with Crippen LogP contribution in [0.2, 0.25) is 0 Å². The van der Waals surface area contributed by atoms with Crippen molar-refractivity contribution in [2.75, 3.05) is 44.3 Å². The van der Waals surface area contributed by atoms with Crippen LogP contribution in [0.3, 0.4) is 0 Å². The Morgan fingerprint density at radius 2 is 2.13 bits per heavy atom. The number of nitrogens with zero attached hydrogens (tertiary/aromatic N) is 2. The highest BCUT2D eigenvalue weighted by Crippen LogP contribution is 2.22. The number of hydrogen-bond donors (Lipinski definition) is 2. The van der Waals surface area contributed by atoms with Crippen LogP contribution < -0.4 is 15.5 Å². The van der Waals surface area contributed by atoms with Crippen LogP contribution in [-0.2, 0) is 4.74 Å². The van der Waals surface area contributed by atoms with Crippen LogP contribution in [0, 0.1) is 0 Å². The predicted octanol–water partition coefficient (Wildman–Crippen LogP) is 2.62. The molecule has 1 unspecified atom stereocenters. The lowest BCUT2D eigenvalue weighted by atomic mass is 10.3. The highest BCUT2D eigenvalue weighted by Gasteiger charge is 2.23. The summed E-state index contributed by atoms with van der Waals surface area (Å²) in [4.78, 5) is 6.98. The Morgan fingerprint density at radius 3 is 2.83 bits per heavy atom. The Bertz CT molecular complexity index is 492. The smallest absolute Gasteiger partial charge is 0.191 e. The normalized spacial score (nSPS) is 18.3. The van der Waals surface area contributed by atoms with Gasteiger partial charge in [-0.05, 0) is 44.5 Å². The number of hydrogen-bond acceptors (Lipinski definition) is 3. The zero-order valence-corrected chi connectivity index (χ0v) is 15.6. The number of benzene rings is 1. The summed E-state index contributed by atoms with van der Waals surface area (Å²) in [5.74, 6) is 0.884. The largest absolute Gasteiger partial charge is 0.380 e. The van der Waals surface area contributed by atoms with Crippen molar-refractivity contribution in [1.82, 2.24) is 10.6 Å². The van der Waals surface area contributed by atoms with Crippen LogP contribution in [0.4, 0.5) is 5.69 Å².